The molecule has 1 aliphatic rings. The first kappa shape index (κ1) is 24.9. The van der Waals surface area contributed by atoms with Gasteiger partial charge in [-0.25, -0.2) is 9.38 Å². The Morgan fingerprint density at radius 1 is 1.39 bits per heavy atom. The maximum Gasteiger partial charge on any atom is 0.194 e. The number of likely N-dealkylation sites (tertiary alicyclic amines) is 1. The number of hydrogen-bond donors (Lipinski definition) is 1. The number of benzene rings is 1. The molecule has 1 heterocycles. The zero-order valence-corrected chi connectivity index (χ0v) is 19.4. The first-order chi connectivity index (χ1) is 13.1. The number of ether oxygens (including phenoxy) is 3. The Morgan fingerprint density at radius 3 is 2.93 bits per heavy atom. The molecule has 0 bridgehead atoms. The van der Waals surface area contributed by atoms with Crippen LogP contribution >= 0.6 is 24.0 Å². The molecular formula is C20H33FIN3O3. The van der Waals surface area contributed by atoms with Gasteiger partial charge in [-0.1, -0.05) is 6.07 Å². The van der Waals surface area contributed by atoms with Gasteiger partial charge in [-0.3, -0.25) is 0 Å². The normalized spacial score (nSPS) is 17.9. The highest BCUT2D eigenvalue weighted by Gasteiger charge is 2.25. The van der Waals surface area contributed by atoms with Crippen LogP contribution in [-0.4, -0.2) is 70.1 Å². The van der Waals surface area contributed by atoms with Crippen LogP contribution in [0.3, 0.4) is 0 Å². The second kappa shape index (κ2) is 13.9. The fourth-order valence-corrected chi connectivity index (χ4v) is 3.00. The quantitative estimate of drug-likeness (QED) is 0.227. The molecule has 2 rings (SSSR count). The van der Waals surface area contributed by atoms with Gasteiger partial charge in [0.2, 0.25) is 0 Å². The first-order valence-corrected chi connectivity index (χ1v) is 9.64. The molecule has 0 radical (unpaired) electrons. The van der Waals surface area contributed by atoms with Gasteiger partial charge in [-0.15, -0.1) is 24.0 Å². The van der Waals surface area contributed by atoms with Crippen molar-refractivity contribution in [2.24, 2.45) is 10.9 Å². The monoisotopic (exact) mass is 509 g/mol. The highest BCUT2D eigenvalue weighted by molar-refractivity contribution is 14.0. The summed E-state index contributed by atoms with van der Waals surface area (Å²) in [5.74, 6) is 1.63. The summed E-state index contributed by atoms with van der Waals surface area (Å²) in [6.07, 6.45) is 0.948. The van der Waals surface area contributed by atoms with Gasteiger partial charge >= 0.3 is 0 Å². The molecule has 2 unspecified atom stereocenters. The molecule has 0 aromatic heterocycles. The smallest absolute Gasteiger partial charge is 0.194 e. The maximum absolute atomic E-state index is 13.3. The van der Waals surface area contributed by atoms with Crippen molar-refractivity contribution >= 4 is 29.9 Å². The maximum atomic E-state index is 13.3. The molecular weight excluding hydrogens is 476 g/mol. The van der Waals surface area contributed by atoms with Crippen LogP contribution in [0, 0.1) is 11.7 Å². The SMILES string of the molecule is CCNC(=NCC(C)Oc1cccc(F)c1)N1CCC(COCCOC)C1.I. The number of aliphatic imine (C=N–C) groups is 1. The number of nitrogens with zero attached hydrogens (tertiary/aromatic N) is 2. The van der Waals surface area contributed by atoms with Gasteiger partial charge in [0.15, 0.2) is 5.96 Å². The van der Waals surface area contributed by atoms with Gasteiger partial charge < -0.3 is 24.4 Å². The third kappa shape index (κ3) is 8.91. The Morgan fingerprint density at radius 2 is 2.21 bits per heavy atom. The van der Waals surface area contributed by atoms with E-state index in [0.29, 0.717) is 31.4 Å². The summed E-state index contributed by atoms with van der Waals surface area (Å²) in [7, 11) is 1.68. The van der Waals surface area contributed by atoms with Crippen molar-refractivity contribution in [1.82, 2.24) is 10.2 Å². The van der Waals surface area contributed by atoms with Crippen LogP contribution in [0.5, 0.6) is 5.75 Å². The highest BCUT2D eigenvalue weighted by Crippen LogP contribution is 2.17. The van der Waals surface area contributed by atoms with Gasteiger partial charge in [0.05, 0.1) is 26.4 Å². The second-order valence-corrected chi connectivity index (χ2v) is 6.75. The Labute approximate surface area is 184 Å². The van der Waals surface area contributed by atoms with Crippen LogP contribution in [0.25, 0.3) is 0 Å². The summed E-state index contributed by atoms with van der Waals surface area (Å²) in [6, 6.07) is 6.19. The topological polar surface area (TPSA) is 55.3 Å². The summed E-state index contributed by atoms with van der Waals surface area (Å²) in [6.45, 7) is 9.21. The third-order valence-electron chi connectivity index (χ3n) is 4.34. The predicted molar refractivity (Wildman–Crippen MR) is 120 cm³/mol. The minimum absolute atomic E-state index is 0. The van der Waals surface area contributed by atoms with E-state index in [4.69, 9.17) is 19.2 Å². The molecule has 1 aromatic rings. The number of halogens is 2. The van der Waals surface area contributed by atoms with E-state index in [0.717, 1.165) is 38.6 Å². The van der Waals surface area contributed by atoms with Crippen LogP contribution in [-0.2, 0) is 9.47 Å². The molecule has 160 valence electrons. The van der Waals surface area contributed by atoms with E-state index in [1.807, 2.05) is 6.92 Å². The second-order valence-electron chi connectivity index (χ2n) is 6.75. The Balaban J connectivity index is 0.00000392. The lowest BCUT2D eigenvalue weighted by Crippen LogP contribution is -2.41. The lowest BCUT2D eigenvalue weighted by atomic mass is 10.1. The van der Waals surface area contributed by atoms with Crippen molar-refractivity contribution in [3.8, 4) is 5.75 Å². The zero-order chi connectivity index (χ0) is 19.5. The summed E-state index contributed by atoms with van der Waals surface area (Å²) in [4.78, 5) is 6.98. The van der Waals surface area contributed by atoms with Gasteiger partial charge in [-0.05, 0) is 32.4 Å². The van der Waals surface area contributed by atoms with Crippen molar-refractivity contribution in [3.63, 3.8) is 0 Å². The van der Waals surface area contributed by atoms with Crippen molar-refractivity contribution < 1.29 is 18.6 Å². The van der Waals surface area contributed by atoms with Crippen LogP contribution in [0.15, 0.2) is 29.3 Å². The molecule has 1 N–H and O–H groups in total. The molecule has 1 aromatic carbocycles. The summed E-state index contributed by atoms with van der Waals surface area (Å²) in [5, 5.41) is 3.35. The number of rotatable bonds is 10. The van der Waals surface area contributed by atoms with Crippen molar-refractivity contribution in [2.45, 2.75) is 26.4 Å². The van der Waals surface area contributed by atoms with E-state index in [2.05, 4.69) is 17.1 Å². The number of methoxy groups -OCH3 is 1. The van der Waals surface area contributed by atoms with E-state index in [9.17, 15) is 4.39 Å². The summed E-state index contributed by atoms with van der Waals surface area (Å²) < 4.78 is 29.7. The van der Waals surface area contributed by atoms with Crippen molar-refractivity contribution in [2.75, 3.05) is 53.1 Å². The lowest BCUT2D eigenvalue weighted by Gasteiger charge is -2.22. The average molecular weight is 509 g/mol. The zero-order valence-electron chi connectivity index (χ0n) is 17.0. The third-order valence-corrected chi connectivity index (χ3v) is 4.34. The number of nitrogens with one attached hydrogen (secondary N) is 1. The van der Waals surface area contributed by atoms with Gasteiger partial charge in [0.1, 0.15) is 17.7 Å². The molecule has 1 aliphatic heterocycles. The average Bonchev–Trinajstić information content (AvgIpc) is 3.11. The minimum Gasteiger partial charge on any atom is -0.489 e. The Kier molecular flexibility index (Phi) is 12.4. The molecule has 0 amide bonds. The molecule has 0 aliphatic carbocycles. The largest absolute Gasteiger partial charge is 0.489 e. The highest BCUT2D eigenvalue weighted by atomic mass is 127. The van der Waals surface area contributed by atoms with Gasteiger partial charge in [0.25, 0.3) is 0 Å². The molecule has 28 heavy (non-hydrogen) atoms. The van der Waals surface area contributed by atoms with E-state index >= 15 is 0 Å². The van der Waals surface area contributed by atoms with Crippen LogP contribution in [0.2, 0.25) is 0 Å². The van der Waals surface area contributed by atoms with Crippen LogP contribution in [0.4, 0.5) is 4.39 Å². The predicted octanol–water partition coefficient (Wildman–Crippen LogP) is 3.16. The van der Waals surface area contributed by atoms with Crippen molar-refractivity contribution in [3.05, 3.63) is 30.1 Å². The first-order valence-electron chi connectivity index (χ1n) is 9.64. The molecule has 8 heteroatoms. The van der Waals surface area contributed by atoms with E-state index < -0.39 is 0 Å². The van der Waals surface area contributed by atoms with Gasteiger partial charge in [0, 0.05) is 38.7 Å². The molecule has 0 spiro atoms. The Bertz CT molecular complexity index is 592. The van der Waals surface area contributed by atoms with E-state index in [1.54, 1.807) is 19.2 Å². The molecule has 6 nitrogen and oxygen atoms in total. The molecule has 2 atom stereocenters. The Hall–Kier alpha value is -1.13. The van der Waals surface area contributed by atoms with Gasteiger partial charge in [-0.2, -0.15) is 0 Å². The van der Waals surface area contributed by atoms with E-state index in [1.165, 1.54) is 12.1 Å². The fraction of sp³-hybridized carbons (Fsp3) is 0.650. The summed E-state index contributed by atoms with van der Waals surface area (Å²) in [5.41, 5.74) is 0. The summed E-state index contributed by atoms with van der Waals surface area (Å²) >= 11 is 0. The fourth-order valence-electron chi connectivity index (χ4n) is 3.00. The number of hydrogen-bond acceptors (Lipinski definition) is 4. The molecule has 1 fully saturated rings. The van der Waals surface area contributed by atoms with Crippen LogP contribution < -0.4 is 10.1 Å². The minimum atomic E-state index is -0.299. The lowest BCUT2D eigenvalue weighted by molar-refractivity contribution is 0.0536. The molecule has 1 saturated heterocycles. The van der Waals surface area contributed by atoms with Crippen molar-refractivity contribution in [1.29, 1.82) is 0 Å². The standard InChI is InChI=1S/C20H32FN3O3.HI/c1-4-22-20(24-9-8-17(14-24)15-26-11-10-25-3)23-13-16(2)27-19-7-5-6-18(21)12-19;/h5-7,12,16-17H,4,8-11,13-15H2,1-3H3,(H,22,23);1H. The molecule has 0 saturated carbocycles. The van der Waals surface area contributed by atoms with E-state index in [-0.39, 0.29) is 35.9 Å². The number of guanidine groups is 1. The van der Waals surface area contributed by atoms with Crippen LogP contribution in [0.1, 0.15) is 20.3 Å².